The average molecular weight is 488 g/mol. The number of carbonyl (C=O) groups is 3. The molecule has 0 bridgehead atoms. The predicted octanol–water partition coefficient (Wildman–Crippen LogP) is 3.30. The number of aryl methyl sites for hydroxylation is 1. The van der Waals surface area contributed by atoms with Crippen LogP contribution in [0.2, 0.25) is 0 Å². The number of hydrogen-bond donors (Lipinski definition) is 1. The van der Waals surface area contributed by atoms with Crippen molar-refractivity contribution < 1.29 is 38.1 Å². The van der Waals surface area contributed by atoms with Gasteiger partial charge < -0.3 is 29.4 Å². The van der Waals surface area contributed by atoms with Crippen molar-refractivity contribution in [2.75, 3.05) is 27.9 Å². The minimum absolute atomic E-state index is 0.0154. The van der Waals surface area contributed by atoms with E-state index >= 15 is 0 Å². The highest BCUT2D eigenvalue weighted by Gasteiger charge is 2.27. The van der Waals surface area contributed by atoms with Crippen LogP contribution in [-0.4, -0.2) is 51.9 Å². The molecule has 2 rings (SSSR count). The lowest BCUT2D eigenvalue weighted by Crippen LogP contribution is -2.34. The summed E-state index contributed by atoms with van der Waals surface area (Å²) in [5, 5.41) is 0. The van der Waals surface area contributed by atoms with Gasteiger partial charge in [-0.1, -0.05) is 24.3 Å². The Labute approximate surface area is 205 Å². The van der Waals surface area contributed by atoms with Crippen molar-refractivity contribution in [3.05, 3.63) is 42.0 Å². The molecule has 2 unspecified atom stereocenters. The van der Waals surface area contributed by atoms with E-state index in [1.54, 1.807) is 21.3 Å². The van der Waals surface area contributed by atoms with E-state index in [9.17, 15) is 14.4 Å². The number of hydrogen-bond acceptors (Lipinski definition) is 8. The predicted molar refractivity (Wildman–Crippen MR) is 129 cm³/mol. The summed E-state index contributed by atoms with van der Waals surface area (Å²) in [5.74, 6) is -0.325. The summed E-state index contributed by atoms with van der Waals surface area (Å²) in [6.45, 7) is 2.58. The number of primary amides is 1. The lowest BCUT2D eigenvalue weighted by atomic mass is 9.92. The summed E-state index contributed by atoms with van der Waals surface area (Å²) >= 11 is 0. The first-order chi connectivity index (χ1) is 16.7. The summed E-state index contributed by atoms with van der Waals surface area (Å²) in [7, 11) is 4.70. The Morgan fingerprint density at radius 2 is 1.51 bits per heavy atom. The number of carbonyl (C=O) groups excluding carboxylic acids is 3. The Morgan fingerprint density at radius 1 is 0.857 bits per heavy atom. The maximum absolute atomic E-state index is 11.6. The number of benzene rings is 2. The molecule has 2 N–H and O–H groups in total. The van der Waals surface area contributed by atoms with E-state index < -0.39 is 23.9 Å². The molecular formula is C26H33NO8. The smallest absolute Gasteiger partial charge is 0.302 e. The zero-order valence-electron chi connectivity index (χ0n) is 20.8. The minimum Gasteiger partial charge on any atom is -0.493 e. The lowest BCUT2D eigenvalue weighted by Gasteiger charge is -2.25. The van der Waals surface area contributed by atoms with Crippen LogP contribution in [0, 0.1) is 5.92 Å². The van der Waals surface area contributed by atoms with Crippen LogP contribution in [0.5, 0.6) is 17.2 Å². The van der Waals surface area contributed by atoms with Crippen molar-refractivity contribution in [1.82, 2.24) is 0 Å². The number of rotatable bonds is 13. The number of ether oxygens (including phenoxy) is 5. The van der Waals surface area contributed by atoms with Crippen LogP contribution in [0.15, 0.2) is 36.4 Å². The summed E-state index contributed by atoms with van der Waals surface area (Å²) in [4.78, 5) is 34.4. The number of amides is 1. The largest absolute Gasteiger partial charge is 0.493 e. The molecule has 0 aliphatic heterocycles. The summed E-state index contributed by atoms with van der Waals surface area (Å²) < 4.78 is 26.9. The van der Waals surface area contributed by atoms with Gasteiger partial charge in [-0.15, -0.1) is 0 Å². The fraction of sp³-hybridized carbons (Fsp3) is 0.423. The molecule has 0 heterocycles. The van der Waals surface area contributed by atoms with Gasteiger partial charge in [-0.05, 0) is 36.1 Å². The zero-order valence-corrected chi connectivity index (χ0v) is 20.8. The van der Waals surface area contributed by atoms with Crippen molar-refractivity contribution in [2.45, 2.75) is 39.2 Å². The molecule has 2 atom stereocenters. The van der Waals surface area contributed by atoms with E-state index in [-0.39, 0.29) is 18.9 Å². The standard InChI is InChI=1S/C26H33NO8/c1-16(28)34-15-20(23(14-24(27)30)35-17(2)29)11-8-18-6-9-19(10-7-18)21-12-13-22(31-3)26(33-5)25(21)32-4/h6-7,9-10,12-13,20,23H,8,11,14-15H2,1-5H3,(H2,27,30). The highest BCUT2D eigenvalue weighted by Crippen LogP contribution is 2.44. The van der Waals surface area contributed by atoms with E-state index in [1.807, 2.05) is 36.4 Å². The summed E-state index contributed by atoms with van der Waals surface area (Å²) in [6, 6.07) is 11.6. The second-order valence-electron chi connectivity index (χ2n) is 8.00. The van der Waals surface area contributed by atoms with Crippen LogP contribution in [0.3, 0.4) is 0 Å². The molecule has 9 heteroatoms. The number of esters is 2. The normalized spacial score (nSPS) is 12.3. The molecule has 190 valence electrons. The SMILES string of the molecule is COc1ccc(-c2ccc(CCC(COC(C)=O)C(CC(N)=O)OC(C)=O)cc2)c(OC)c1OC. The molecule has 0 radical (unpaired) electrons. The Bertz CT molecular complexity index is 1000. The average Bonchev–Trinajstić information content (AvgIpc) is 2.82. The summed E-state index contributed by atoms with van der Waals surface area (Å²) in [6.07, 6.45) is 0.187. The first kappa shape index (κ1) is 27.5. The molecule has 0 spiro atoms. The molecule has 2 aromatic carbocycles. The van der Waals surface area contributed by atoms with Gasteiger partial charge in [0.2, 0.25) is 11.7 Å². The third kappa shape index (κ3) is 7.91. The Balaban J connectivity index is 2.22. The molecule has 0 aromatic heterocycles. The maximum Gasteiger partial charge on any atom is 0.302 e. The third-order valence-corrected chi connectivity index (χ3v) is 5.52. The third-order valence-electron chi connectivity index (χ3n) is 5.52. The van der Waals surface area contributed by atoms with E-state index in [0.717, 1.165) is 16.7 Å². The van der Waals surface area contributed by atoms with Crippen LogP contribution in [0.1, 0.15) is 32.3 Å². The lowest BCUT2D eigenvalue weighted by molar-refractivity contribution is -0.154. The van der Waals surface area contributed by atoms with E-state index in [1.165, 1.54) is 13.8 Å². The number of nitrogens with two attached hydrogens (primary N) is 1. The Morgan fingerprint density at radius 3 is 2.03 bits per heavy atom. The minimum atomic E-state index is -0.778. The monoisotopic (exact) mass is 487 g/mol. The van der Waals surface area contributed by atoms with Crippen molar-refractivity contribution in [3.63, 3.8) is 0 Å². The highest BCUT2D eigenvalue weighted by atomic mass is 16.6. The molecule has 2 aromatic rings. The van der Waals surface area contributed by atoms with Gasteiger partial charge in [0.25, 0.3) is 0 Å². The van der Waals surface area contributed by atoms with Gasteiger partial charge in [-0.2, -0.15) is 0 Å². The topological polar surface area (TPSA) is 123 Å². The van der Waals surface area contributed by atoms with Gasteiger partial charge >= 0.3 is 11.9 Å². The van der Waals surface area contributed by atoms with E-state index in [2.05, 4.69) is 0 Å². The van der Waals surface area contributed by atoms with Crippen LogP contribution in [0.25, 0.3) is 11.1 Å². The first-order valence-corrected chi connectivity index (χ1v) is 11.2. The van der Waals surface area contributed by atoms with Crippen LogP contribution in [0.4, 0.5) is 0 Å². The van der Waals surface area contributed by atoms with Gasteiger partial charge in [-0.3, -0.25) is 14.4 Å². The molecule has 1 amide bonds. The zero-order chi connectivity index (χ0) is 26.0. The molecule has 0 saturated heterocycles. The Hall–Kier alpha value is -3.75. The first-order valence-electron chi connectivity index (χ1n) is 11.2. The van der Waals surface area contributed by atoms with Crippen LogP contribution in [-0.2, 0) is 30.3 Å². The fourth-order valence-electron chi connectivity index (χ4n) is 3.85. The Kier molecular flexibility index (Phi) is 10.4. The van der Waals surface area contributed by atoms with Crippen molar-refractivity contribution in [1.29, 1.82) is 0 Å². The molecular weight excluding hydrogens is 454 g/mol. The van der Waals surface area contributed by atoms with Crippen molar-refractivity contribution >= 4 is 17.8 Å². The summed E-state index contributed by atoms with van der Waals surface area (Å²) in [5.41, 5.74) is 8.13. The van der Waals surface area contributed by atoms with Crippen LogP contribution >= 0.6 is 0 Å². The molecule has 35 heavy (non-hydrogen) atoms. The molecule has 0 aliphatic carbocycles. The quantitative estimate of drug-likeness (QED) is 0.427. The van der Waals surface area contributed by atoms with Gasteiger partial charge in [0.1, 0.15) is 6.10 Å². The second-order valence-corrected chi connectivity index (χ2v) is 8.00. The number of methoxy groups -OCH3 is 3. The van der Waals surface area contributed by atoms with Crippen molar-refractivity contribution in [2.24, 2.45) is 11.7 Å². The molecule has 0 fully saturated rings. The van der Waals surface area contributed by atoms with Gasteiger partial charge in [0, 0.05) is 25.3 Å². The van der Waals surface area contributed by atoms with Crippen LogP contribution < -0.4 is 19.9 Å². The van der Waals surface area contributed by atoms with Gasteiger partial charge in [0.05, 0.1) is 34.4 Å². The molecule has 9 nitrogen and oxygen atoms in total. The van der Waals surface area contributed by atoms with Crippen molar-refractivity contribution in [3.8, 4) is 28.4 Å². The van der Waals surface area contributed by atoms with Gasteiger partial charge in [-0.25, -0.2) is 0 Å². The van der Waals surface area contributed by atoms with E-state index in [0.29, 0.717) is 30.1 Å². The molecule has 0 saturated carbocycles. The maximum atomic E-state index is 11.6. The molecule has 0 aliphatic rings. The second kappa shape index (κ2) is 13.2. The van der Waals surface area contributed by atoms with E-state index in [4.69, 9.17) is 29.4 Å². The fourth-order valence-corrected chi connectivity index (χ4v) is 3.85. The van der Waals surface area contributed by atoms with Gasteiger partial charge in [0.15, 0.2) is 11.5 Å². The highest BCUT2D eigenvalue weighted by molar-refractivity contribution is 5.76.